The second kappa shape index (κ2) is 9.52. The van der Waals surface area contributed by atoms with Crippen LogP contribution in [0.15, 0.2) is 58.8 Å². The number of carbonyl (C=O) groups is 1. The van der Waals surface area contributed by atoms with Gasteiger partial charge in [-0.15, -0.1) is 10.2 Å². The Kier molecular flexibility index (Phi) is 6.60. The predicted molar refractivity (Wildman–Crippen MR) is 115 cm³/mol. The van der Waals surface area contributed by atoms with Crippen molar-refractivity contribution in [2.75, 3.05) is 22.3 Å². The summed E-state index contributed by atoms with van der Waals surface area (Å²) in [6.07, 6.45) is 1.39. The van der Waals surface area contributed by atoms with Crippen LogP contribution in [-0.4, -0.2) is 37.7 Å². The van der Waals surface area contributed by atoms with E-state index in [4.69, 9.17) is 5.84 Å². The van der Waals surface area contributed by atoms with E-state index in [0.29, 0.717) is 10.7 Å². The molecule has 1 amide bonds. The Morgan fingerprint density at radius 1 is 1.30 bits per heavy atom. The topological polar surface area (TPSA) is 153 Å². The summed E-state index contributed by atoms with van der Waals surface area (Å²) in [7, 11) is 0. The number of hydrazone groups is 1. The molecule has 0 saturated carbocycles. The van der Waals surface area contributed by atoms with E-state index < -0.39 is 4.92 Å². The number of nitrogens with two attached hydrogens (primary N) is 1. The quantitative estimate of drug-likeness (QED) is 0.163. The number of amides is 1. The summed E-state index contributed by atoms with van der Waals surface area (Å²) < 4.78 is 1.16. The van der Waals surface area contributed by atoms with Crippen molar-refractivity contribution in [1.29, 1.82) is 0 Å². The minimum atomic E-state index is -0.486. The van der Waals surface area contributed by atoms with Gasteiger partial charge in [0.15, 0.2) is 0 Å². The van der Waals surface area contributed by atoms with Crippen LogP contribution in [0.2, 0.25) is 0 Å². The van der Waals surface area contributed by atoms with Gasteiger partial charge in [0.05, 0.1) is 16.9 Å². The van der Waals surface area contributed by atoms with Crippen LogP contribution in [0, 0.1) is 17.0 Å². The van der Waals surface area contributed by atoms with Gasteiger partial charge in [-0.3, -0.25) is 14.9 Å². The molecule has 3 rings (SSSR count). The number of hydrogen-bond acceptors (Lipinski definition) is 9. The highest BCUT2D eigenvalue weighted by molar-refractivity contribution is 7.99. The molecule has 0 atom stereocenters. The fourth-order valence-electron chi connectivity index (χ4n) is 2.36. The summed E-state index contributed by atoms with van der Waals surface area (Å²) in [6.45, 7) is 1.91. The number of nitrogen functional groups attached to an aromatic ring is 1. The maximum absolute atomic E-state index is 12.1. The molecular formula is C18H18N8O3S. The Morgan fingerprint density at radius 3 is 2.87 bits per heavy atom. The van der Waals surface area contributed by atoms with Gasteiger partial charge in [0, 0.05) is 23.4 Å². The predicted octanol–water partition coefficient (Wildman–Crippen LogP) is 2.39. The molecule has 154 valence electrons. The molecule has 1 aromatic heterocycles. The maximum atomic E-state index is 12.1. The fourth-order valence-corrected chi connectivity index (χ4v) is 3.02. The molecule has 4 N–H and O–H groups in total. The van der Waals surface area contributed by atoms with E-state index in [9.17, 15) is 14.9 Å². The first-order valence-corrected chi connectivity index (χ1v) is 9.65. The number of anilines is 2. The molecule has 0 aliphatic carbocycles. The maximum Gasteiger partial charge on any atom is 0.270 e. The molecule has 3 aromatic rings. The molecule has 0 saturated heterocycles. The number of rotatable bonds is 8. The summed E-state index contributed by atoms with van der Waals surface area (Å²) in [6, 6.07) is 13.5. The summed E-state index contributed by atoms with van der Waals surface area (Å²) in [5, 5.41) is 25.7. The van der Waals surface area contributed by atoms with Crippen molar-refractivity contribution in [3.05, 3.63) is 69.8 Å². The lowest BCUT2D eigenvalue weighted by molar-refractivity contribution is -0.384. The number of aromatic nitrogens is 3. The molecule has 1 heterocycles. The van der Waals surface area contributed by atoms with E-state index in [-0.39, 0.29) is 23.3 Å². The van der Waals surface area contributed by atoms with E-state index in [0.717, 1.165) is 27.7 Å². The number of nitro groups is 1. The van der Waals surface area contributed by atoms with Crippen LogP contribution in [-0.2, 0) is 4.79 Å². The Hall–Kier alpha value is -3.93. The molecule has 0 aliphatic heterocycles. The van der Waals surface area contributed by atoms with Crippen molar-refractivity contribution in [3.8, 4) is 0 Å². The molecule has 30 heavy (non-hydrogen) atoms. The highest BCUT2D eigenvalue weighted by Gasteiger charge is 2.12. The zero-order valence-corrected chi connectivity index (χ0v) is 16.7. The largest absolute Gasteiger partial charge is 0.334 e. The van der Waals surface area contributed by atoms with Crippen LogP contribution in [0.1, 0.15) is 11.1 Å². The zero-order valence-electron chi connectivity index (χ0n) is 15.8. The molecule has 2 aromatic carbocycles. The standard InChI is InChI=1S/C18H18N8O3S/c1-12-5-2-3-8-15(12)21-16(27)11-30-18-24-23-17(25(18)19)22-20-10-13-6-4-7-14(9-13)26(28)29/h2-10H,11,19H2,1H3,(H,21,27)(H,22,23)/b20-10+. The Bertz CT molecular complexity index is 1100. The summed E-state index contributed by atoms with van der Waals surface area (Å²) in [5.74, 6) is 5.97. The molecule has 0 unspecified atom stereocenters. The lowest BCUT2D eigenvalue weighted by atomic mass is 10.2. The molecule has 0 aliphatic rings. The first-order chi connectivity index (χ1) is 14.4. The molecule has 0 fully saturated rings. The van der Waals surface area contributed by atoms with Crippen molar-refractivity contribution in [1.82, 2.24) is 14.9 Å². The van der Waals surface area contributed by atoms with Crippen molar-refractivity contribution < 1.29 is 9.72 Å². The van der Waals surface area contributed by atoms with Crippen LogP contribution in [0.5, 0.6) is 0 Å². The van der Waals surface area contributed by atoms with Crippen molar-refractivity contribution in [2.45, 2.75) is 12.1 Å². The zero-order chi connectivity index (χ0) is 21.5. The first kappa shape index (κ1) is 20.8. The number of carbonyl (C=O) groups excluding carboxylic acids is 1. The number of aryl methyl sites for hydroxylation is 1. The summed E-state index contributed by atoms with van der Waals surface area (Å²) in [5.41, 5.74) is 4.82. The van der Waals surface area contributed by atoms with Gasteiger partial charge in [-0.1, -0.05) is 42.1 Å². The molecule has 11 nitrogen and oxygen atoms in total. The highest BCUT2D eigenvalue weighted by atomic mass is 32.2. The second-order valence-electron chi connectivity index (χ2n) is 6.05. The minimum absolute atomic E-state index is 0.0383. The minimum Gasteiger partial charge on any atom is -0.334 e. The van der Waals surface area contributed by atoms with Gasteiger partial charge in [0.25, 0.3) is 11.6 Å². The monoisotopic (exact) mass is 426 g/mol. The van der Waals surface area contributed by atoms with Gasteiger partial charge in [-0.2, -0.15) is 5.10 Å². The van der Waals surface area contributed by atoms with Crippen LogP contribution < -0.4 is 16.6 Å². The fraction of sp³-hybridized carbons (Fsp3) is 0.111. The Morgan fingerprint density at radius 2 is 2.10 bits per heavy atom. The van der Waals surface area contributed by atoms with Gasteiger partial charge in [-0.25, -0.2) is 10.1 Å². The van der Waals surface area contributed by atoms with Gasteiger partial charge in [0.2, 0.25) is 11.1 Å². The molecule has 0 bridgehead atoms. The summed E-state index contributed by atoms with van der Waals surface area (Å²) in [4.78, 5) is 22.5. The third-order valence-corrected chi connectivity index (χ3v) is 4.82. The highest BCUT2D eigenvalue weighted by Crippen LogP contribution is 2.18. The lowest BCUT2D eigenvalue weighted by Gasteiger charge is -2.07. The molecular weight excluding hydrogens is 408 g/mol. The van der Waals surface area contributed by atoms with Crippen LogP contribution in [0.4, 0.5) is 17.3 Å². The number of nitro benzene ring substituents is 1. The molecule has 12 heteroatoms. The van der Waals surface area contributed by atoms with Gasteiger partial charge < -0.3 is 11.2 Å². The van der Waals surface area contributed by atoms with E-state index in [1.165, 1.54) is 18.3 Å². The number of non-ortho nitro benzene ring substituents is 1. The Labute approximate surface area is 175 Å². The van der Waals surface area contributed by atoms with Crippen LogP contribution in [0.3, 0.4) is 0 Å². The smallest absolute Gasteiger partial charge is 0.270 e. The van der Waals surface area contributed by atoms with Crippen molar-refractivity contribution >= 4 is 41.2 Å². The third-order valence-electron chi connectivity index (χ3n) is 3.88. The number of nitrogens with one attached hydrogen (secondary N) is 2. The van der Waals surface area contributed by atoms with Crippen molar-refractivity contribution in [3.63, 3.8) is 0 Å². The van der Waals surface area contributed by atoms with E-state index in [1.807, 2.05) is 31.2 Å². The van der Waals surface area contributed by atoms with Crippen LogP contribution >= 0.6 is 11.8 Å². The van der Waals surface area contributed by atoms with E-state index in [1.54, 1.807) is 12.1 Å². The number of thioether (sulfide) groups is 1. The second-order valence-corrected chi connectivity index (χ2v) is 6.99. The number of para-hydroxylation sites is 1. The van der Waals surface area contributed by atoms with Crippen LogP contribution in [0.25, 0.3) is 0 Å². The van der Waals surface area contributed by atoms with E-state index in [2.05, 4.69) is 26.0 Å². The number of nitrogens with zero attached hydrogens (tertiary/aromatic N) is 5. The first-order valence-electron chi connectivity index (χ1n) is 8.66. The lowest BCUT2D eigenvalue weighted by Crippen LogP contribution is -2.17. The molecule has 0 spiro atoms. The SMILES string of the molecule is Cc1ccccc1NC(=O)CSc1nnc(N/N=C/c2cccc([N+](=O)[O-])c2)n1N. The third kappa shape index (κ3) is 5.32. The van der Waals surface area contributed by atoms with Gasteiger partial charge in [-0.05, 0) is 18.6 Å². The number of benzene rings is 2. The van der Waals surface area contributed by atoms with E-state index >= 15 is 0 Å². The van der Waals surface area contributed by atoms with Gasteiger partial charge >= 0.3 is 0 Å². The van der Waals surface area contributed by atoms with Gasteiger partial charge in [0.1, 0.15) is 0 Å². The summed E-state index contributed by atoms with van der Waals surface area (Å²) >= 11 is 1.12. The number of hydrogen-bond donors (Lipinski definition) is 3. The molecule has 0 radical (unpaired) electrons. The van der Waals surface area contributed by atoms with Crippen molar-refractivity contribution in [2.24, 2.45) is 5.10 Å². The normalized spacial score (nSPS) is 10.8. The average Bonchev–Trinajstić information content (AvgIpc) is 3.08. The Balaban J connectivity index is 1.55. The average molecular weight is 426 g/mol.